The Labute approximate surface area is 166 Å². The number of aliphatic hydroxyl groups excluding tert-OH is 1. The number of carbonyl (C=O) groups excluding carboxylic acids is 1. The molecule has 2 saturated heterocycles. The lowest BCUT2D eigenvalue weighted by atomic mass is 9.84. The number of nitrogens with zero attached hydrogens (tertiary/aromatic N) is 2. The average Bonchev–Trinajstić information content (AvgIpc) is 2.76. The number of rotatable bonds is 4. The molecule has 2 fully saturated rings. The first-order chi connectivity index (χ1) is 13.7. The lowest BCUT2D eigenvalue weighted by Gasteiger charge is -2.51. The van der Waals surface area contributed by atoms with E-state index >= 15 is 0 Å². The summed E-state index contributed by atoms with van der Waals surface area (Å²) >= 11 is 0. The molecule has 148 valence electrons. The van der Waals surface area contributed by atoms with Gasteiger partial charge in [-0.15, -0.1) is 0 Å². The van der Waals surface area contributed by atoms with Gasteiger partial charge in [0.05, 0.1) is 24.9 Å². The molecule has 2 heterocycles. The largest absolute Gasteiger partial charge is 0.387 e. The summed E-state index contributed by atoms with van der Waals surface area (Å²) in [5.41, 5.74) is 1.45. The second kappa shape index (κ2) is 8.43. The van der Waals surface area contributed by atoms with E-state index in [2.05, 4.69) is 4.90 Å². The molecule has 2 aliphatic heterocycles. The van der Waals surface area contributed by atoms with Crippen molar-refractivity contribution < 1.29 is 14.6 Å². The number of β-amino-alcohol motifs (C(OH)–C–C–N with tert-alkyl or cyclic N) is 1. The minimum atomic E-state index is -0.486. The summed E-state index contributed by atoms with van der Waals surface area (Å²) in [6, 6.07) is 19.3. The van der Waals surface area contributed by atoms with Gasteiger partial charge in [0, 0.05) is 31.7 Å². The van der Waals surface area contributed by atoms with Gasteiger partial charge in [0.15, 0.2) is 0 Å². The van der Waals surface area contributed by atoms with Crippen molar-refractivity contribution in [3.8, 4) is 0 Å². The van der Waals surface area contributed by atoms with Crippen molar-refractivity contribution in [2.75, 3.05) is 39.4 Å². The number of piperidine rings is 1. The van der Waals surface area contributed by atoms with Crippen molar-refractivity contribution in [1.82, 2.24) is 9.80 Å². The smallest absolute Gasteiger partial charge is 0.254 e. The monoisotopic (exact) mass is 380 g/mol. The molecule has 1 N–H and O–H groups in total. The van der Waals surface area contributed by atoms with E-state index in [9.17, 15) is 9.90 Å². The van der Waals surface area contributed by atoms with E-state index in [0.29, 0.717) is 26.3 Å². The number of morpholine rings is 1. The highest BCUT2D eigenvalue weighted by molar-refractivity contribution is 5.94. The highest BCUT2D eigenvalue weighted by atomic mass is 16.5. The van der Waals surface area contributed by atoms with Crippen molar-refractivity contribution in [1.29, 1.82) is 0 Å². The van der Waals surface area contributed by atoms with Gasteiger partial charge < -0.3 is 19.6 Å². The molecule has 28 heavy (non-hydrogen) atoms. The van der Waals surface area contributed by atoms with Gasteiger partial charge in [-0.1, -0.05) is 48.5 Å². The Hall–Kier alpha value is -2.21. The molecule has 0 aromatic heterocycles. The van der Waals surface area contributed by atoms with Crippen molar-refractivity contribution in [2.24, 2.45) is 0 Å². The van der Waals surface area contributed by atoms with E-state index < -0.39 is 6.10 Å². The number of carbonyl (C=O) groups is 1. The quantitative estimate of drug-likeness (QED) is 0.886. The van der Waals surface area contributed by atoms with Crippen LogP contribution < -0.4 is 0 Å². The lowest BCUT2D eigenvalue weighted by molar-refractivity contribution is -0.0803. The topological polar surface area (TPSA) is 53.0 Å². The second-order valence-corrected chi connectivity index (χ2v) is 7.83. The van der Waals surface area contributed by atoms with Gasteiger partial charge in [0.1, 0.15) is 0 Å². The van der Waals surface area contributed by atoms with Gasteiger partial charge in [-0.3, -0.25) is 4.79 Å². The zero-order valence-corrected chi connectivity index (χ0v) is 16.2. The molecule has 1 spiro atoms. The number of benzene rings is 2. The van der Waals surface area contributed by atoms with E-state index in [1.54, 1.807) is 0 Å². The van der Waals surface area contributed by atoms with E-state index in [-0.39, 0.29) is 11.4 Å². The molecule has 4 rings (SSSR count). The second-order valence-electron chi connectivity index (χ2n) is 7.83. The molecule has 5 heteroatoms. The molecule has 2 aromatic rings. The molecule has 5 nitrogen and oxygen atoms in total. The summed E-state index contributed by atoms with van der Waals surface area (Å²) in [6.07, 6.45) is 1.25. The number of amides is 1. The van der Waals surface area contributed by atoms with E-state index in [0.717, 1.165) is 37.1 Å². The maximum absolute atomic E-state index is 13.1. The Morgan fingerprint density at radius 3 is 2.32 bits per heavy atom. The molecule has 2 aliphatic rings. The first kappa shape index (κ1) is 19.1. The third-order valence-electron chi connectivity index (χ3n) is 6.07. The number of aliphatic hydroxyl groups is 1. The highest BCUT2D eigenvalue weighted by Gasteiger charge is 2.44. The first-order valence-electron chi connectivity index (χ1n) is 10.1. The van der Waals surface area contributed by atoms with Gasteiger partial charge in [-0.25, -0.2) is 0 Å². The molecule has 0 bridgehead atoms. The fourth-order valence-electron chi connectivity index (χ4n) is 4.38. The Bertz CT molecular complexity index is 773. The third-order valence-corrected chi connectivity index (χ3v) is 6.07. The van der Waals surface area contributed by atoms with Gasteiger partial charge >= 0.3 is 0 Å². The van der Waals surface area contributed by atoms with Gasteiger partial charge in [-0.2, -0.15) is 0 Å². The highest BCUT2D eigenvalue weighted by Crippen LogP contribution is 2.33. The average molecular weight is 380 g/mol. The Morgan fingerprint density at radius 1 is 1.00 bits per heavy atom. The van der Waals surface area contributed by atoms with Crippen LogP contribution in [0.3, 0.4) is 0 Å². The van der Waals surface area contributed by atoms with Crippen LogP contribution in [0.4, 0.5) is 0 Å². The summed E-state index contributed by atoms with van der Waals surface area (Å²) in [5.74, 6) is 0.0988. The molecule has 1 unspecified atom stereocenters. The number of ether oxygens (including phenoxy) is 1. The summed E-state index contributed by atoms with van der Waals surface area (Å²) in [4.78, 5) is 17.5. The number of hydrogen-bond donors (Lipinski definition) is 1. The van der Waals surface area contributed by atoms with E-state index in [1.807, 2.05) is 65.6 Å². The summed E-state index contributed by atoms with van der Waals surface area (Å²) in [5, 5.41) is 10.5. The Kier molecular flexibility index (Phi) is 5.76. The molecular weight excluding hydrogens is 352 g/mol. The van der Waals surface area contributed by atoms with Crippen LogP contribution in [-0.4, -0.2) is 65.7 Å². The minimum Gasteiger partial charge on any atom is -0.387 e. The number of hydrogen-bond acceptors (Lipinski definition) is 4. The van der Waals surface area contributed by atoms with Crippen molar-refractivity contribution in [3.63, 3.8) is 0 Å². The molecular formula is C23H28N2O3. The molecule has 0 saturated carbocycles. The maximum atomic E-state index is 13.1. The zero-order chi connectivity index (χ0) is 19.4. The van der Waals surface area contributed by atoms with Crippen LogP contribution in [0, 0.1) is 0 Å². The zero-order valence-electron chi connectivity index (χ0n) is 16.2. The summed E-state index contributed by atoms with van der Waals surface area (Å²) in [7, 11) is 0. The van der Waals surface area contributed by atoms with Gasteiger partial charge in [0.25, 0.3) is 5.91 Å². The standard InChI is InChI=1S/C23H28N2O3/c26-21(19-7-3-1-4-8-19)17-24-13-11-23(12-14-24)18-28-16-15-25(23)22(27)20-9-5-2-6-10-20/h1-10,21,26H,11-18H2. The molecule has 0 aliphatic carbocycles. The van der Waals surface area contributed by atoms with Crippen LogP contribution in [0.15, 0.2) is 60.7 Å². The third kappa shape index (κ3) is 3.97. The number of likely N-dealkylation sites (tertiary alicyclic amines) is 1. The predicted octanol–water partition coefficient (Wildman–Crippen LogP) is 2.73. The Morgan fingerprint density at radius 2 is 1.64 bits per heavy atom. The lowest BCUT2D eigenvalue weighted by Crippen LogP contribution is -2.63. The predicted molar refractivity (Wildman–Crippen MR) is 108 cm³/mol. The first-order valence-corrected chi connectivity index (χ1v) is 10.1. The fraction of sp³-hybridized carbons (Fsp3) is 0.435. The van der Waals surface area contributed by atoms with Crippen LogP contribution >= 0.6 is 0 Å². The molecule has 1 amide bonds. The van der Waals surface area contributed by atoms with E-state index in [4.69, 9.17) is 4.74 Å². The van der Waals surface area contributed by atoms with Crippen LogP contribution in [0.1, 0.15) is 34.9 Å². The summed E-state index contributed by atoms with van der Waals surface area (Å²) in [6.45, 7) is 4.16. The normalized spacial score (nSPS) is 20.8. The van der Waals surface area contributed by atoms with Crippen LogP contribution in [0.2, 0.25) is 0 Å². The van der Waals surface area contributed by atoms with Crippen LogP contribution in [-0.2, 0) is 4.74 Å². The maximum Gasteiger partial charge on any atom is 0.254 e. The van der Waals surface area contributed by atoms with Crippen molar-refractivity contribution >= 4 is 5.91 Å². The van der Waals surface area contributed by atoms with Crippen LogP contribution in [0.25, 0.3) is 0 Å². The van der Waals surface area contributed by atoms with Crippen molar-refractivity contribution in [2.45, 2.75) is 24.5 Å². The molecule has 0 radical (unpaired) electrons. The molecule has 1 atom stereocenters. The van der Waals surface area contributed by atoms with Gasteiger partial charge in [-0.05, 0) is 30.5 Å². The SMILES string of the molecule is O=C(c1ccccc1)N1CCOCC12CCN(CC(O)c1ccccc1)CC2. The molecule has 2 aromatic carbocycles. The Balaban J connectivity index is 1.42. The minimum absolute atomic E-state index is 0.0988. The fourth-order valence-corrected chi connectivity index (χ4v) is 4.38. The van der Waals surface area contributed by atoms with Gasteiger partial charge in [0.2, 0.25) is 0 Å². The van der Waals surface area contributed by atoms with Crippen LogP contribution in [0.5, 0.6) is 0 Å². The summed E-state index contributed by atoms with van der Waals surface area (Å²) < 4.78 is 5.80. The van der Waals surface area contributed by atoms with Crippen molar-refractivity contribution in [3.05, 3.63) is 71.8 Å². The van der Waals surface area contributed by atoms with E-state index in [1.165, 1.54) is 0 Å².